The van der Waals surface area contributed by atoms with Gasteiger partial charge in [-0.05, 0) is 25.1 Å². The molecule has 0 aliphatic rings. The molecule has 0 aliphatic carbocycles. The Morgan fingerprint density at radius 2 is 1.74 bits per heavy atom. The molecule has 0 fully saturated rings. The fourth-order valence-electron chi connectivity index (χ4n) is 1.97. The monoisotopic (exact) mass is 559 g/mol. The summed E-state index contributed by atoms with van der Waals surface area (Å²) in [7, 11) is -1.03. The number of hydrogen-bond acceptors (Lipinski definition) is 9. The molecule has 0 saturated carbocycles. The Bertz CT molecular complexity index is 1120. The van der Waals surface area contributed by atoms with Gasteiger partial charge in [-0.1, -0.05) is 32.8 Å². The van der Waals surface area contributed by atoms with E-state index in [2.05, 4.69) is 15.2 Å². The number of nitrogens with one attached hydrogen (secondary N) is 2. The van der Waals surface area contributed by atoms with E-state index in [0.717, 1.165) is 0 Å². The zero-order valence-corrected chi connectivity index (χ0v) is 20.3. The van der Waals surface area contributed by atoms with Crippen molar-refractivity contribution >= 4 is 55.3 Å². The largest absolute Gasteiger partial charge is 0.490 e. The summed E-state index contributed by atoms with van der Waals surface area (Å²) < 4.78 is 63.7. The number of nitrogens with zero attached hydrogens (tertiary/aromatic N) is 1. The normalized spacial score (nSPS) is 11.2. The summed E-state index contributed by atoms with van der Waals surface area (Å²) in [5.74, 6) is -2.38. The Kier molecular flexibility index (Phi) is 11.9. The van der Waals surface area contributed by atoms with Crippen molar-refractivity contribution in [2.75, 3.05) is 22.8 Å². The van der Waals surface area contributed by atoms with Crippen molar-refractivity contribution in [2.24, 2.45) is 0 Å². The first-order chi connectivity index (χ1) is 16.2. The lowest BCUT2D eigenvalue weighted by Gasteiger charge is -2.08. The summed E-state index contributed by atoms with van der Waals surface area (Å²) in [4.78, 5) is 31.4. The zero-order chi connectivity index (χ0) is 26.6. The third-order valence-electron chi connectivity index (χ3n) is 3.47. The van der Waals surface area contributed by atoms with Crippen molar-refractivity contribution in [3.63, 3.8) is 0 Å². The first-order valence-corrected chi connectivity index (χ1v) is 13.3. The van der Waals surface area contributed by atoms with Gasteiger partial charge in [-0.2, -0.15) is 13.2 Å². The van der Waals surface area contributed by atoms with Gasteiger partial charge in [0.1, 0.15) is 5.76 Å². The number of amides is 1. The highest BCUT2D eigenvalue weighted by Crippen LogP contribution is 2.21. The lowest BCUT2D eigenvalue weighted by molar-refractivity contribution is -0.192. The summed E-state index contributed by atoms with van der Waals surface area (Å²) in [6.07, 6.45) is -4.99. The molecule has 0 aliphatic heterocycles. The number of alkyl halides is 3. The average Bonchev–Trinajstić information content (AvgIpc) is 3.16. The van der Waals surface area contributed by atoms with Gasteiger partial charge in [0.2, 0.25) is 0 Å². The maximum Gasteiger partial charge on any atom is 0.490 e. The van der Waals surface area contributed by atoms with Crippen LogP contribution in [-0.2, 0) is 19.6 Å². The van der Waals surface area contributed by atoms with Crippen LogP contribution in [0.25, 0.3) is 0 Å². The number of aromatic nitrogens is 1. The molecule has 2 rings (SSSR count). The predicted octanol–water partition coefficient (Wildman–Crippen LogP) is 3.00. The molecule has 35 heavy (non-hydrogen) atoms. The Hall–Kier alpha value is -2.92. The van der Waals surface area contributed by atoms with Crippen molar-refractivity contribution in [1.82, 2.24) is 10.5 Å². The lowest BCUT2D eigenvalue weighted by Crippen LogP contribution is -2.26. The highest BCUT2D eigenvalue weighted by molar-refractivity contribution is 8.76. The minimum atomic E-state index is -5.08. The molecule has 11 nitrogen and oxygen atoms in total. The number of benzene rings is 1. The predicted molar refractivity (Wildman–Crippen MR) is 122 cm³/mol. The van der Waals surface area contributed by atoms with E-state index < -0.39 is 34.0 Å². The number of hydrogen-bond donors (Lipinski definition) is 4. The number of sulfonamides is 1. The molecule has 1 amide bonds. The molecule has 1 heterocycles. The van der Waals surface area contributed by atoms with Crippen LogP contribution in [0.5, 0.6) is 0 Å². The zero-order valence-electron chi connectivity index (χ0n) is 17.9. The van der Waals surface area contributed by atoms with E-state index in [9.17, 15) is 31.2 Å². The van der Waals surface area contributed by atoms with Crippen molar-refractivity contribution in [3.8, 4) is 0 Å². The van der Waals surface area contributed by atoms with Crippen LogP contribution in [0, 0.1) is 6.92 Å². The molecule has 0 radical (unpaired) electrons. The smallest absolute Gasteiger partial charge is 0.481 e. The van der Waals surface area contributed by atoms with Gasteiger partial charge in [-0.25, -0.2) is 13.2 Å². The minimum Gasteiger partial charge on any atom is -0.481 e. The second-order valence-corrected chi connectivity index (χ2v) is 10.7. The first kappa shape index (κ1) is 30.1. The van der Waals surface area contributed by atoms with Crippen LogP contribution in [0.1, 0.15) is 22.5 Å². The number of rotatable bonds is 11. The highest BCUT2D eigenvalue weighted by atomic mass is 33.1. The molecule has 0 atom stereocenters. The fourth-order valence-corrected chi connectivity index (χ4v) is 4.89. The Balaban J connectivity index is 0.000000762. The molecule has 1 aromatic carbocycles. The first-order valence-electron chi connectivity index (χ1n) is 9.33. The average molecular weight is 560 g/mol. The van der Waals surface area contributed by atoms with Gasteiger partial charge < -0.3 is 20.1 Å². The second kappa shape index (κ2) is 13.8. The minimum absolute atomic E-state index is 0.0600. The number of carbonyl (C=O) groups is 3. The number of anilines is 1. The third kappa shape index (κ3) is 11.9. The van der Waals surface area contributed by atoms with Gasteiger partial charge in [-0.15, -0.1) is 0 Å². The van der Waals surface area contributed by atoms with Crippen LogP contribution < -0.4 is 10.0 Å². The van der Waals surface area contributed by atoms with Crippen molar-refractivity contribution < 1.29 is 50.7 Å². The number of halogens is 3. The van der Waals surface area contributed by atoms with Crippen LogP contribution in [-0.4, -0.2) is 65.9 Å². The van der Waals surface area contributed by atoms with Gasteiger partial charge in [-0.3, -0.25) is 14.3 Å². The van der Waals surface area contributed by atoms with Crippen molar-refractivity contribution in [1.29, 1.82) is 0 Å². The summed E-state index contributed by atoms with van der Waals surface area (Å²) >= 11 is 0. The standard InChI is InChI=1S/C16H19N3O6S3.C2HF3O2/c1-11-9-14(18-25-11)19-28(23,24)13-4-2-3-12(10-13)16(22)17-6-8-27-26-7-5-15(20)21;3-2(4,5)1(6)7/h2-4,9-10H,5-8H2,1H3,(H,17,22)(H,18,19)(H,20,21);(H,6,7). The SMILES string of the molecule is Cc1cc(NS(=O)(=O)c2cccc(C(=O)NCCSSCCC(=O)O)c2)no1.O=C(O)C(F)(F)F. The Morgan fingerprint density at radius 3 is 2.29 bits per heavy atom. The van der Waals surface area contributed by atoms with E-state index in [-0.39, 0.29) is 22.7 Å². The number of carbonyl (C=O) groups excluding carboxylic acids is 1. The number of carboxylic acids is 2. The molecule has 4 N–H and O–H groups in total. The van der Waals surface area contributed by atoms with E-state index >= 15 is 0 Å². The van der Waals surface area contributed by atoms with Crippen LogP contribution in [0.2, 0.25) is 0 Å². The van der Waals surface area contributed by atoms with Crippen LogP contribution in [0.3, 0.4) is 0 Å². The van der Waals surface area contributed by atoms with E-state index in [0.29, 0.717) is 23.8 Å². The second-order valence-electron chi connectivity index (χ2n) is 6.30. The summed E-state index contributed by atoms with van der Waals surface area (Å²) in [6.45, 7) is 2.01. The van der Waals surface area contributed by atoms with E-state index in [4.69, 9.17) is 19.5 Å². The molecule has 17 heteroatoms. The molecule has 0 saturated heterocycles. The maximum atomic E-state index is 12.4. The fraction of sp³-hybridized carbons (Fsp3) is 0.333. The molecular formula is C18H20F3N3O8S3. The maximum absolute atomic E-state index is 12.4. The molecule has 1 aromatic heterocycles. The van der Waals surface area contributed by atoms with Gasteiger partial charge in [0.25, 0.3) is 15.9 Å². The van der Waals surface area contributed by atoms with E-state index in [1.165, 1.54) is 51.9 Å². The quantitative estimate of drug-likeness (QED) is 0.235. The number of aryl methyl sites for hydroxylation is 1. The van der Waals surface area contributed by atoms with Gasteiger partial charge in [0, 0.05) is 29.7 Å². The Labute approximate surface area is 205 Å². The van der Waals surface area contributed by atoms with Crippen molar-refractivity contribution in [2.45, 2.75) is 24.4 Å². The van der Waals surface area contributed by atoms with Gasteiger partial charge in [0.15, 0.2) is 5.82 Å². The van der Waals surface area contributed by atoms with Gasteiger partial charge >= 0.3 is 18.1 Å². The number of aliphatic carboxylic acids is 2. The van der Waals surface area contributed by atoms with Crippen LogP contribution in [0.15, 0.2) is 39.8 Å². The molecule has 0 spiro atoms. The number of carboxylic acid groups (broad SMARTS) is 2. The highest BCUT2D eigenvalue weighted by Gasteiger charge is 2.38. The molecule has 194 valence electrons. The Morgan fingerprint density at radius 1 is 1.11 bits per heavy atom. The molecular weight excluding hydrogens is 539 g/mol. The summed E-state index contributed by atoms with van der Waals surface area (Å²) in [5, 5.41) is 21.9. The van der Waals surface area contributed by atoms with Crippen LogP contribution >= 0.6 is 21.6 Å². The van der Waals surface area contributed by atoms with Gasteiger partial charge in [0.05, 0.1) is 11.3 Å². The van der Waals surface area contributed by atoms with E-state index in [1.54, 1.807) is 6.92 Å². The summed E-state index contributed by atoms with van der Waals surface area (Å²) in [5.41, 5.74) is 0.211. The lowest BCUT2D eigenvalue weighted by atomic mass is 10.2. The summed E-state index contributed by atoms with van der Waals surface area (Å²) in [6, 6.07) is 7.10. The van der Waals surface area contributed by atoms with E-state index in [1.807, 2.05) is 0 Å². The molecule has 0 bridgehead atoms. The van der Waals surface area contributed by atoms with Crippen molar-refractivity contribution in [3.05, 3.63) is 41.7 Å². The van der Waals surface area contributed by atoms with Crippen LogP contribution in [0.4, 0.5) is 19.0 Å². The molecule has 0 unspecified atom stereocenters. The molecule has 2 aromatic rings. The third-order valence-corrected chi connectivity index (χ3v) is 7.23. The topological polar surface area (TPSA) is 176 Å².